The van der Waals surface area contributed by atoms with E-state index in [-0.39, 0.29) is 29.6 Å². The third-order valence-electron chi connectivity index (χ3n) is 3.87. The Labute approximate surface area is 148 Å². The van der Waals surface area contributed by atoms with Crippen LogP contribution in [-0.2, 0) is 6.54 Å². The number of carbonyl (C=O) groups excluding carboxylic acids is 1. The largest absolute Gasteiger partial charge is 0.508 e. The molecule has 0 atom stereocenters. The summed E-state index contributed by atoms with van der Waals surface area (Å²) in [7, 11) is 0. The Morgan fingerprint density at radius 2 is 1.96 bits per heavy atom. The highest BCUT2D eigenvalue weighted by Crippen LogP contribution is 2.17. The molecule has 0 aliphatic heterocycles. The molecular formula is C19H16FN3O3. The van der Waals surface area contributed by atoms with E-state index in [2.05, 4.69) is 10.3 Å². The van der Waals surface area contributed by atoms with Crippen molar-refractivity contribution in [3.63, 3.8) is 0 Å². The smallest absolute Gasteiger partial charge is 0.211 e. The van der Waals surface area contributed by atoms with Crippen LogP contribution in [0.3, 0.4) is 0 Å². The maximum absolute atomic E-state index is 13.3. The summed E-state index contributed by atoms with van der Waals surface area (Å²) in [5.74, 6) is -1.03. The monoisotopic (exact) mass is 353 g/mol. The SMILES string of the molecule is Cc1c(C(=O)/C=C(\O)c2ccc(O)cc2)nnn1Cc1cccc(F)c1. The second kappa shape index (κ2) is 7.18. The molecule has 132 valence electrons. The lowest BCUT2D eigenvalue weighted by atomic mass is 10.1. The molecule has 0 saturated heterocycles. The van der Waals surface area contributed by atoms with E-state index in [4.69, 9.17) is 0 Å². The van der Waals surface area contributed by atoms with Gasteiger partial charge in [-0.1, -0.05) is 17.3 Å². The average Bonchev–Trinajstić information content (AvgIpc) is 2.96. The van der Waals surface area contributed by atoms with Gasteiger partial charge in [-0.15, -0.1) is 5.10 Å². The molecule has 2 aromatic carbocycles. The molecule has 3 rings (SSSR count). The number of hydrogen-bond acceptors (Lipinski definition) is 5. The number of hydrogen-bond donors (Lipinski definition) is 2. The molecule has 1 heterocycles. The zero-order chi connectivity index (χ0) is 18.7. The van der Waals surface area contributed by atoms with Crippen LogP contribution in [0.25, 0.3) is 5.76 Å². The lowest BCUT2D eigenvalue weighted by Crippen LogP contribution is -2.06. The van der Waals surface area contributed by atoms with E-state index in [0.717, 1.165) is 6.08 Å². The number of allylic oxidation sites excluding steroid dienone is 1. The summed E-state index contributed by atoms with van der Waals surface area (Å²) in [5.41, 5.74) is 1.70. The first-order valence-corrected chi connectivity index (χ1v) is 7.83. The summed E-state index contributed by atoms with van der Waals surface area (Å²) in [4.78, 5) is 12.4. The van der Waals surface area contributed by atoms with Gasteiger partial charge in [0.25, 0.3) is 0 Å². The third kappa shape index (κ3) is 3.77. The molecule has 26 heavy (non-hydrogen) atoms. The van der Waals surface area contributed by atoms with Gasteiger partial charge in [-0.2, -0.15) is 0 Å². The minimum atomic E-state index is -0.501. The van der Waals surface area contributed by atoms with Crippen molar-refractivity contribution in [3.05, 3.63) is 82.9 Å². The van der Waals surface area contributed by atoms with Crippen LogP contribution in [0, 0.1) is 12.7 Å². The second-order valence-electron chi connectivity index (χ2n) is 5.75. The Hall–Kier alpha value is -3.48. The fourth-order valence-corrected chi connectivity index (χ4v) is 2.45. The van der Waals surface area contributed by atoms with Gasteiger partial charge in [0, 0.05) is 11.6 Å². The molecule has 0 fully saturated rings. The number of nitrogens with zero attached hydrogens (tertiary/aromatic N) is 3. The third-order valence-corrected chi connectivity index (χ3v) is 3.87. The molecular weight excluding hydrogens is 337 g/mol. The molecule has 6 nitrogen and oxygen atoms in total. The maximum Gasteiger partial charge on any atom is 0.211 e. The Morgan fingerprint density at radius 1 is 1.23 bits per heavy atom. The normalized spacial score (nSPS) is 11.5. The van der Waals surface area contributed by atoms with Crippen molar-refractivity contribution in [2.45, 2.75) is 13.5 Å². The minimum Gasteiger partial charge on any atom is -0.508 e. The first-order valence-electron chi connectivity index (χ1n) is 7.83. The number of phenolic OH excluding ortho intramolecular Hbond substituents is 1. The second-order valence-corrected chi connectivity index (χ2v) is 5.75. The molecule has 0 aliphatic carbocycles. The number of aliphatic hydroxyl groups is 1. The van der Waals surface area contributed by atoms with Gasteiger partial charge in [-0.3, -0.25) is 4.79 Å². The number of aromatic nitrogens is 3. The predicted molar refractivity (Wildman–Crippen MR) is 93.3 cm³/mol. The van der Waals surface area contributed by atoms with Gasteiger partial charge >= 0.3 is 0 Å². The van der Waals surface area contributed by atoms with Gasteiger partial charge in [0.05, 0.1) is 12.2 Å². The van der Waals surface area contributed by atoms with Gasteiger partial charge in [0.1, 0.15) is 17.3 Å². The van der Waals surface area contributed by atoms with Crippen LogP contribution in [0.2, 0.25) is 0 Å². The molecule has 2 N–H and O–H groups in total. The van der Waals surface area contributed by atoms with E-state index in [9.17, 15) is 19.4 Å². The summed E-state index contributed by atoms with van der Waals surface area (Å²) in [5, 5.41) is 27.1. The van der Waals surface area contributed by atoms with E-state index >= 15 is 0 Å². The number of aliphatic hydroxyl groups excluding tert-OH is 1. The number of carbonyl (C=O) groups is 1. The van der Waals surface area contributed by atoms with Crippen molar-refractivity contribution < 1.29 is 19.4 Å². The quantitative estimate of drug-likeness (QED) is 0.418. The van der Waals surface area contributed by atoms with Crippen LogP contribution in [0.4, 0.5) is 4.39 Å². The fourth-order valence-electron chi connectivity index (χ4n) is 2.45. The Balaban J connectivity index is 1.81. The molecule has 0 bridgehead atoms. The molecule has 0 saturated carbocycles. The van der Waals surface area contributed by atoms with E-state index in [1.54, 1.807) is 19.1 Å². The number of aromatic hydroxyl groups is 1. The summed E-state index contributed by atoms with van der Waals surface area (Å²) in [6.07, 6.45) is 1.05. The van der Waals surface area contributed by atoms with Crippen molar-refractivity contribution in [1.29, 1.82) is 0 Å². The summed E-state index contributed by atoms with van der Waals surface area (Å²) in [6.45, 7) is 1.95. The summed E-state index contributed by atoms with van der Waals surface area (Å²) in [6, 6.07) is 11.9. The molecule has 0 aliphatic rings. The highest BCUT2D eigenvalue weighted by atomic mass is 19.1. The van der Waals surface area contributed by atoms with E-state index in [0.29, 0.717) is 16.8 Å². The fraction of sp³-hybridized carbons (Fsp3) is 0.105. The lowest BCUT2D eigenvalue weighted by molar-refractivity contribution is 0.104. The van der Waals surface area contributed by atoms with Crippen molar-refractivity contribution in [2.75, 3.05) is 0 Å². The molecule has 0 unspecified atom stereocenters. The van der Waals surface area contributed by atoms with Gasteiger partial charge in [0.15, 0.2) is 5.69 Å². The average molecular weight is 353 g/mol. The maximum atomic E-state index is 13.3. The Bertz CT molecular complexity index is 978. The van der Waals surface area contributed by atoms with Crippen LogP contribution < -0.4 is 0 Å². The van der Waals surface area contributed by atoms with Crippen LogP contribution in [0.1, 0.15) is 27.3 Å². The molecule has 3 aromatic rings. The molecule has 7 heteroatoms. The lowest BCUT2D eigenvalue weighted by Gasteiger charge is -2.04. The topological polar surface area (TPSA) is 88.2 Å². The predicted octanol–water partition coefficient (Wildman–Crippen LogP) is 3.26. The van der Waals surface area contributed by atoms with Gasteiger partial charge in [0.2, 0.25) is 5.78 Å². The minimum absolute atomic E-state index is 0.0593. The van der Waals surface area contributed by atoms with Crippen LogP contribution in [0.5, 0.6) is 5.75 Å². The highest BCUT2D eigenvalue weighted by Gasteiger charge is 2.16. The van der Waals surface area contributed by atoms with Crippen molar-refractivity contribution in [2.24, 2.45) is 0 Å². The molecule has 1 aromatic heterocycles. The number of benzene rings is 2. The Kier molecular flexibility index (Phi) is 4.79. The number of phenols is 1. The first-order chi connectivity index (χ1) is 12.4. The van der Waals surface area contributed by atoms with Crippen LogP contribution in [-0.4, -0.2) is 31.0 Å². The number of ketones is 1. The number of rotatable bonds is 5. The van der Waals surface area contributed by atoms with Crippen molar-refractivity contribution in [3.8, 4) is 5.75 Å². The van der Waals surface area contributed by atoms with Gasteiger partial charge in [-0.25, -0.2) is 9.07 Å². The van der Waals surface area contributed by atoms with E-state index < -0.39 is 5.78 Å². The summed E-state index contributed by atoms with van der Waals surface area (Å²) >= 11 is 0. The molecule has 0 spiro atoms. The Morgan fingerprint density at radius 3 is 2.65 bits per heavy atom. The number of halogens is 1. The van der Waals surface area contributed by atoms with Gasteiger partial charge < -0.3 is 10.2 Å². The zero-order valence-corrected chi connectivity index (χ0v) is 13.9. The van der Waals surface area contributed by atoms with Gasteiger partial charge in [-0.05, 0) is 48.9 Å². The molecule has 0 radical (unpaired) electrons. The standard InChI is InChI=1S/C19H16FN3O3/c1-12-19(18(26)10-17(25)14-5-7-16(24)8-6-14)21-22-23(12)11-13-3-2-4-15(20)9-13/h2-10,24-25H,11H2,1H3/b17-10-. The van der Waals surface area contributed by atoms with Crippen molar-refractivity contribution >= 4 is 11.5 Å². The van der Waals surface area contributed by atoms with Crippen molar-refractivity contribution in [1.82, 2.24) is 15.0 Å². The highest BCUT2D eigenvalue weighted by molar-refractivity contribution is 6.07. The first kappa shape index (κ1) is 17.3. The van der Waals surface area contributed by atoms with Crippen LogP contribution >= 0.6 is 0 Å². The van der Waals surface area contributed by atoms with E-state index in [1.165, 1.54) is 41.1 Å². The molecule has 0 amide bonds. The summed E-state index contributed by atoms with van der Waals surface area (Å²) < 4.78 is 14.8. The zero-order valence-electron chi connectivity index (χ0n) is 13.9. The van der Waals surface area contributed by atoms with E-state index in [1.807, 2.05) is 0 Å². The van der Waals surface area contributed by atoms with Crippen LogP contribution in [0.15, 0.2) is 54.6 Å².